The zero-order valence-electron chi connectivity index (χ0n) is 35.8. The second-order valence-corrected chi connectivity index (χ2v) is 15.3. The molecule has 1 amide bonds. The lowest BCUT2D eigenvalue weighted by Crippen LogP contribution is -2.44. The zero-order chi connectivity index (χ0) is 47.7. The Morgan fingerprint density at radius 1 is 0.582 bits per heavy atom. The van der Waals surface area contributed by atoms with Crippen LogP contribution in [0.25, 0.3) is 43.9 Å². The largest absolute Gasteiger partial charge is 0.739 e. The summed E-state index contributed by atoms with van der Waals surface area (Å²) in [5, 5.41) is 81.6. The van der Waals surface area contributed by atoms with E-state index in [1.165, 1.54) is 6.07 Å². The zero-order valence-corrected chi connectivity index (χ0v) is 37.3. The number of nitrogens with two attached hydrogens (primary N) is 1. The molecule has 0 saturated heterocycles. The molecular weight excluding hydrogens is 907 g/mol. The molecule has 0 fully saturated rings. The highest BCUT2D eigenvalue weighted by molar-refractivity contribution is 6.31. The van der Waals surface area contributed by atoms with Crippen molar-refractivity contribution in [1.82, 2.24) is 25.5 Å². The lowest BCUT2D eigenvalue weighted by molar-refractivity contribution is -0.672. The third-order valence-corrected chi connectivity index (χ3v) is 10.2. The molecule has 0 unspecified atom stereocenters. The Morgan fingerprint density at radius 3 is 1.52 bits per heavy atom. The molecule has 0 aliphatic carbocycles. The maximum atomic E-state index is 12.3. The van der Waals surface area contributed by atoms with Crippen molar-refractivity contribution in [3.63, 3.8) is 0 Å². The van der Waals surface area contributed by atoms with Gasteiger partial charge in [-0.05, 0) is 80.1 Å². The second-order valence-electron chi connectivity index (χ2n) is 14.4. The van der Waals surface area contributed by atoms with Crippen molar-refractivity contribution in [2.75, 3.05) is 60.5 Å². The Kier molecular flexibility index (Phi) is 17.3. The first-order valence-electron chi connectivity index (χ1n) is 20.9. The van der Waals surface area contributed by atoms with Crippen molar-refractivity contribution >= 4 is 102 Å². The Hall–Kier alpha value is -7.88. The van der Waals surface area contributed by atoms with Crippen LogP contribution in [0.5, 0.6) is 0 Å². The summed E-state index contributed by atoms with van der Waals surface area (Å²) in [5.41, 5.74) is 9.63. The van der Waals surface area contributed by atoms with Gasteiger partial charge in [0.25, 0.3) is 11.0 Å². The first-order valence-corrected chi connectivity index (χ1v) is 21.7. The number of halogens is 2. The van der Waals surface area contributed by atoms with Crippen molar-refractivity contribution in [3.8, 4) is 0 Å². The quantitative estimate of drug-likeness (QED) is 0.0383. The number of nitrogens with zero attached hydrogens (tertiary/aromatic N) is 8. The van der Waals surface area contributed by atoms with E-state index in [2.05, 4.69) is 46.7 Å². The highest BCUT2D eigenvalue weighted by atomic mass is 35.5. The average Bonchev–Trinajstić information content (AvgIpc) is 3.32. The first kappa shape index (κ1) is 48.6. The predicted molar refractivity (Wildman–Crippen MR) is 255 cm³/mol. The van der Waals surface area contributed by atoms with Crippen LogP contribution in [0.3, 0.4) is 0 Å². The van der Waals surface area contributed by atoms with Crippen LogP contribution in [-0.2, 0) is 9.59 Å². The molecule has 4 heterocycles. The van der Waals surface area contributed by atoms with Gasteiger partial charge in [-0.25, -0.2) is 9.46 Å². The van der Waals surface area contributed by atoms with E-state index < -0.39 is 5.97 Å². The number of pyridine rings is 2. The molecule has 23 heteroatoms. The molecule has 0 radical (unpaired) electrons. The number of fused-ring (bicyclic) bond motifs is 4. The third-order valence-electron chi connectivity index (χ3n) is 9.72. The monoisotopic (exact) mass is 952 g/mol. The van der Waals surface area contributed by atoms with Gasteiger partial charge in [0.1, 0.15) is 0 Å². The minimum Gasteiger partial charge on any atom is -0.739 e. The summed E-state index contributed by atoms with van der Waals surface area (Å²) in [5.74, 6) is -1.000. The van der Waals surface area contributed by atoms with Crippen LogP contribution < -0.4 is 51.5 Å². The van der Waals surface area contributed by atoms with E-state index in [1.54, 1.807) is 79.1 Å². The van der Waals surface area contributed by atoms with Crippen molar-refractivity contribution in [2.24, 2.45) is 5.73 Å². The SMILES string of the molecule is NCCCNc1n[n+]([O-])c2ccccc2[n+]1[O-].O=C(CCNc1ccnc2cc(Cl)ccc12)NCCCNc1n[n+]([O-])c2ccccc2[n+]1[O-].O=C(O)CCNc1ccnc2cc(Cl)ccc12. The third kappa shape index (κ3) is 13.3. The number of amides is 1. The van der Waals surface area contributed by atoms with E-state index in [0.717, 1.165) is 33.2 Å². The topological polar surface area (TPSA) is 300 Å². The van der Waals surface area contributed by atoms with E-state index in [0.29, 0.717) is 87.7 Å². The number of para-hydroxylation sites is 4. The fourth-order valence-electron chi connectivity index (χ4n) is 6.47. The molecule has 0 saturated carbocycles. The number of carboxylic acids is 1. The Morgan fingerprint density at radius 2 is 1.04 bits per heavy atom. The molecule has 0 spiro atoms. The molecule has 348 valence electrons. The fraction of sp³-hybridized carbons (Fsp3) is 0.227. The number of rotatable bonds is 17. The number of hydrogen-bond donors (Lipinski definition) is 7. The summed E-state index contributed by atoms with van der Waals surface area (Å²) in [4.78, 5) is 31.9. The summed E-state index contributed by atoms with van der Waals surface area (Å²) in [6.45, 7) is 2.66. The molecule has 4 aromatic heterocycles. The number of aliphatic carboxylic acids is 1. The van der Waals surface area contributed by atoms with Crippen LogP contribution >= 0.6 is 23.2 Å². The van der Waals surface area contributed by atoms with Gasteiger partial charge in [-0.2, -0.15) is 0 Å². The van der Waals surface area contributed by atoms with Crippen molar-refractivity contribution in [2.45, 2.75) is 25.7 Å². The summed E-state index contributed by atoms with van der Waals surface area (Å²) >= 11 is 11.9. The molecule has 0 aliphatic rings. The van der Waals surface area contributed by atoms with Gasteiger partial charge in [-0.3, -0.25) is 30.2 Å². The second kappa shape index (κ2) is 23.9. The van der Waals surface area contributed by atoms with E-state index >= 15 is 0 Å². The van der Waals surface area contributed by atoms with E-state index in [4.69, 9.17) is 34.0 Å². The average molecular weight is 954 g/mol. The molecule has 0 bridgehead atoms. The van der Waals surface area contributed by atoms with Crippen LogP contribution in [0.4, 0.5) is 23.3 Å². The number of carboxylic acid groups (broad SMARTS) is 1. The molecule has 0 atom stereocenters. The normalized spacial score (nSPS) is 10.7. The van der Waals surface area contributed by atoms with Crippen LogP contribution in [0.2, 0.25) is 10.0 Å². The maximum Gasteiger partial charge on any atom is 0.460 e. The molecule has 4 aromatic carbocycles. The van der Waals surface area contributed by atoms with E-state index in [9.17, 15) is 30.4 Å². The van der Waals surface area contributed by atoms with Gasteiger partial charge in [0.2, 0.25) is 16.1 Å². The molecule has 8 rings (SSSR count). The standard InChI is InChI=1S/C22H22ClN7O3.C12H11ClN2O2.C10H13N5O2/c23-15-6-7-16-17(8-12-25-18(16)14-15)24-13-9-21(31)26-10-3-11-27-22-28-30(33)20-5-2-1-4-19(20)29(22)32;13-8-1-2-9-10(14-6-4-12(16)17)3-5-15-11(9)7-8;11-6-3-7-12-10-13-15(17)9-5-2-1-4-8(9)14(10)16/h1-2,4-8,12,14H,3,9-11,13H2,(H,24,25)(H,26,31)(H,27,28);1-3,5,7H,4,6H2,(H,14,15)(H,16,17);1-2,4-5H,3,6-7,11H2,(H,12,13). The summed E-state index contributed by atoms with van der Waals surface area (Å²) in [6, 6.07) is 27.5. The molecule has 8 aromatic rings. The lowest BCUT2D eigenvalue weighted by atomic mass is 10.2. The smallest absolute Gasteiger partial charge is 0.460 e. The van der Waals surface area contributed by atoms with Gasteiger partial charge in [0.05, 0.1) is 30.5 Å². The molecule has 0 aliphatic heterocycles. The number of hydrogen-bond acceptors (Lipinski definition) is 15. The number of aromatic nitrogens is 8. The number of carbonyl (C=O) groups is 2. The minimum absolute atomic E-state index is 0.00727. The molecule has 67 heavy (non-hydrogen) atoms. The van der Waals surface area contributed by atoms with E-state index in [-0.39, 0.29) is 46.3 Å². The molecule has 21 nitrogen and oxygen atoms in total. The maximum absolute atomic E-state index is 12.3. The lowest BCUT2D eigenvalue weighted by Gasteiger charge is -2.11. The number of benzene rings is 4. The Balaban J connectivity index is 0.000000183. The van der Waals surface area contributed by atoms with E-state index in [1.807, 2.05) is 24.3 Å². The minimum atomic E-state index is -0.820. The van der Waals surface area contributed by atoms with Crippen molar-refractivity contribution < 1.29 is 33.8 Å². The predicted octanol–water partition coefficient (Wildman–Crippen LogP) is 4.16. The van der Waals surface area contributed by atoms with Crippen molar-refractivity contribution in [1.29, 1.82) is 0 Å². The number of nitrogens with one attached hydrogen (secondary N) is 5. The Labute approximate surface area is 392 Å². The molecular formula is C44H46Cl2N14O7. The van der Waals surface area contributed by atoms with Gasteiger partial charge in [-0.1, -0.05) is 47.5 Å². The molecule has 8 N–H and O–H groups in total. The summed E-state index contributed by atoms with van der Waals surface area (Å²) in [6.07, 6.45) is 5.00. The summed E-state index contributed by atoms with van der Waals surface area (Å²) < 4.78 is 1.20. The number of carbonyl (C=O) groups excluding carboxylic acids is 1. The van der Waals surface area contributed by atoms with Gasteiger partial charge in [0, 0.05) is 92.5 Å². The highest BCUT2D eigenvalue weighted by Gasteiger charge is 2.20. The summed E-state index contributed by atoms with van der Waals surface area (Å²) in [7, 11) is 0. The Bertz CT molecular complexity index is 2990. The first-order chi connectivity index (χ1) is 32.4. The van der Waals surface area contributed by atoms with Crippen LogP contribution in [0.15, 0.2) is 109 Å². The fourth-order valence-corrected chi connectivity index (χ4v) is 6.80. The van der Waals surface area contributed by atoms with Gasteiger partial charge >= 0.3 is 17.9 Å². The van der Waals surface area contributed by atoms with Gasteiger partial charge in [0.15, 0.2) is 11.0 Å². The van der Waals surface area contributed by atoms with Crippen molar-refractivity contribution in [3.05, 3.63) is 140 Å². The number of anilines is 4. The van der Waals surface area contributed by atoms with Crippen LogP contribution in [0, 0.1) is 20.8 Å². The van der Waals surface area contributed by atoms with Crippen LogP contribution in [-0.4, -0.2) is 76.4 Å². The van der Waals surface area contributed by atoms with Crippen LogP contribution in [0.1, 0.15) is 25.7 Å². The van der Waals surface area contributed by atoms with Gasteiger partial charge in [-0.15, -0.1) is 0 Å². The highest BCUT2D eigenvalue weighted by Crippen LogP contribution is 2.25. The van der Waals surface area contributed by atoms with Gasteiger partial charge < -0.3 is 47.6 Å².